The second-order valence-corrected chi connectivity index (χ2v) is 4.93. The molecule has 2 N–H and O–H groups in total. The Morgan fingerprint density at radius 3 is 2.00 bits per heavy atom. The van der Waals surface area contributed by atoms with Gasteiger partial charge in [-0.25, -0.2) is 0 Å². The van der Waals surface area contributed by atoms with Gasteiger partial charge in [-0.15, -0.1) is 0 Å². The van der Waals surface area contributed by atoms with E-state index in [0.29, 0.717) is 6.04 Å². The molecule has 15 heavy (non-hydrogen) atoms. The number of rotatable bonds is 8. The van der Waals surface area contributed by atoms with Crippen LogP contribution >= 0.6 is 0 Å². The van der Waals surface area contributed by atoms with Crippen molar-refractivity contribution in [1.29, 1.82) is 0 Å². The number of hydrogen-bond acceptors (Lipinski definition) is 2. The van der Waals surface area contributed by atoms with Crippen molar-refractivity contribution in [2.24, 2.45) is 5.73 Å². The molecule has 0 amide bonds. The van der Waals surface area contributed by atoms with E-state index < -0.39 is 0 Å². The second-order valence-electron chi connectivity index (χ2n) is 4.93. The average Bonchev–Trinajstić information content (AvgIpc) is 2.19. The lowest BCUT2D eigenvalue weighted by Gasteiger charge is -2.42. The summed E-state index contributed by atoms with van der Waals surface area (Å²) in [6.45, 7) is 13.4. The zero-order valence-corrected chi connectivity index (χ0v) is 11.3. The number of nitrogens with zero attached hydrogens (tertiary/aromatic N) is 1. The molecule has 0 aromatic rings. The summed E-state index contributed by atoms with van der Waals surface area (Å²) in [5.41, 5.74) is 6.44. The van der Waals surface area contributed by atoms with E-state index in [2.05, 4.69) is 39.5 Å². The number of unbranched alkanes of at least 4 members (excludes halogenated alkanes) is 2. The molecule has 2 nitrogen and oxygen atoms in total. The Kier molecular flexibility index (Phi) is 7.20. The van der Waals surface area contributed by atoms with Crippen molar-refractivity contribution in [3.63, 3.8) is 0 Å². The first kappa shape index (κ1) is 14.9. The first-order valence-electron chi connectivity index (χ1n) is 6.51. The summed E-state index contributed by atoms with van der Waals surface area (Å²) in [5.74, 6) is 0. The van der Waals surface area contributed by atoms with Crippen LogP contribution in [0.3, 0.4) is 0 Å². The highest BCUT2D eigenvalue weighted by atomic mass is 15.2. The number of hydrogen-bond donors (Lipinski definition) is 1. The molecule has 0 aromatic carbocycles. The summed E-state index contributed by atoms with van der Waals surface area (Å²) in [5, 5.41) is 0. The Balaban J connectivity index is 4.16. The van der Waals surface area contributed by atoms with Crippen LogP contribution in [0.4, 0.5) is 0 Å². The van der Waals surface area contributed by atoms with Crippen LogP contribution in [0, 0.1) is 0 Å². The van der Waals surface area contributed by atoms with E-state index in [1.54, 1.807) is 0 Å². The van der Waals surface area contributed by atoms with Crippen molar-refractivity contribution in [1.82, 2.24) is 4.90 Å². The van der Waals surface area contributed by atoms with E-state index in [0.717, 1.165) is 19.5 Å². The van der Waals surface area contributed by atoms with Gasteiger partial charge in [-0.2, -0.15) is 0 Å². The lowest BCUT2D eigenvalue weighted by molar-refractivity contribution is 0.102. The van der Waals surface area contributed by atoms with Gasteiger partial charge in [0.15, 0.2) is 0 Å². The van der Waals surface area contributed by atoms with Crippen molar-refractivity contribution in [3.05, 3.63) is 0 Å². The molecule has 2 heteroatoms. The van der Waals surface area contributed by atoms with Gasteiger partial charge >= 0.3 is 0 Å². The topological polar surface area (TPSA) is 29.3 Å². The van der Waals surface area contributed by atoms with E-state index in [1.807, 2.05) is 0 Å². The van der Waals surface area contributed by atoms with Gasteiger partial charge < -0.3 is 5.73 Å². The van der Waals surface area contributed by atoms with Crippen LogP contribution in [0.15, 0.2) is 0 Å². The molecule has 0 spiro atoms. The van der Waals surface area contributed by atoms with Gasteiger partial charge in [0.05, 0.1) is 0 Å². The fourth-order valence-corrected chi connectivity index (χ4v) is 2.24. The fraction of sp³-hybridized carbons (Fsp3) is 1.00. The third-order valence-corrected chi connectivity index (χ3v) is 3.60. The molecule has 0 bridgehead atoms. The summed E-state index contributed by atoms with van der Waals surface area (Å²) in [6, 6.07) is 0.295. The lowest BCUT2D eigenvalue weighted by Crippen LogP contribution is -2.55. The maximum absolute atomic E-state index is 6.30. The van der Waals surface area contributed by atoms with Crippen molar-refractivity contribution >= 4 is 0 Å². The van der Waals surface area contributed by atoms with E-state index in [-0.39, 0.29) is 5.54 Å². The summed E-state index contributed by atoms with van der Waals surface area (Å²) in [4.78, 5) is 2.46. The summed E-state index contributed by atoms with van der Waals surface area (Å²) < 4.78 is 0. The summed E-state index contributed by atoms with van der Waals surface area (Å²) in [6.07, 6.45) is 5.00. The predicted octanol–water partition coefficient (Wildman–Crippen LogP) is 3.01. The van der Waals surface area contributed by atoms with Gasteiger partial charge in [-0.1, -0.05) is 40.0 Å². The molecule has 0 rings (SSSR count). The third kappa shape index (κ3) is 4.52. The molecule has 0 aliphatic carbocycles. The molecular weight excluding hydrogens is 184 g/mol. The summed E-state index contributed by atoms with van der Waals surface area (Å²) in [7, 11) is 0. The van der Waals surface area contributed by atoms with Crippen molar-refractivity contribution in [3.8, 4) is 0 Å². The van der Waals surface area contributed by atoms with Crippen LogP contribution in [0.5, 0.6) is 0 Å². The highest BCUT2D eigenvalue weighted by molar-refractivity contribution is 4.90. The van der Waals surface area contributed by atoms with E-state index in [9.17, 15) is 0 Å². The molecule has 92 valence electrons. The van der Waals surface area contributed by atoms with Gasteiger partial charge in [0.25, 0.3) is 0 Å². The Hall–Kier alpha value is -0.0800. The molecule has 1 atom stereocenters. The maximum atomic E-state index is 6.30. The molecule has 0 aliphatic rings. The zero-order valence-electron chi connectivity index (χ0n) is 11.3. The molecule has 0 aliphatic heterocycles. The molecular formula is C13H30N2. The predicted molar refractivity (Wildman–Crippen MR) is 69.1 cm³/mol. The highest BCUT2D eigenvalue weighted by Gasteiger charge is 2.30. The molecule has 0 radical (unpaired) electrons. The van der Waals surface area contributed by atoms with Crippen molar-refractivity contribution in [2.45, 2.75) is 71.9 Å². The second kappa shape index (κ2) is 7.24. The van der Waals surface area contributed by atoms with E-state index in [4.69, 9.17) is 5.73 Å². The minimum Gasteiger partial charge on any atom is -0.326 e. The fourth-order valence-electron chi connectivity index (χ4n) is 2.24. The Morgan fingerprint density at radius 1 is 1.07 bits per heavy atom. The monoisotopic (exact) mass is 214 g/mol. The van der Waals surface area contributed by atoms with Crippen LogP contribution in [0.1, 0.15) is 60.3 Å². The Labute approximate surface area is 96.2 Å². The highest BCUT2D eigenvalue weighted by Crippen LogP contribution is 2.21. The smallest absolute Gasteiger partial charge is 0.0303 e. The van der Waals surface area contributed by atoms with Crippen molar-refractivity contribution in [2.75, 3.05) is 13.1 Å². The molecule has 0 aromatic heterocycles. The third-order valence-electron chi connectivity index (χ3n) is 3.60. The first-order valence-corrected chi connectivity index (χ1v) is 6.51. The molecule has 0 saturated heterocycles. The van der Waals surface area contributed by atoms with Crippen LogP contribution in [-0.4, -0.2) is 29.6 Å². The van der Waals surface area contributed by atoms with Crippen molar-refractivity contribution < 1.29 is 0 Å². The lowest BCUT2D eigenvalue weighted by atomic mass is 9.89. The summed E-state index contributed by atoms with van der Waals surface area (Å²) >= 11 is 0. The van der Waals surface area contributed by atoms with E-state index >= 15 is 0 Å². The zero-order chi connectivity index (χ0) is 11.9. The van der Waals surface area contributed by atoms with Gasteiger partial charge in [0.2, 0.25) is 0 Å². The Bertz CT molecular complexity index is 151. The van der Waals surface area contributed by atoms with Crippen LogP contribution in [-0.2, 0) is 0 Å². The molecule has 1 unspecified atom stereocenters. The van der Waals surface area contributed by atoms with Crippen LogP contribution < -0.4 is 5.73 Å². The average molecular weight is 214 g/mol. The van der Waals surface area contributed by atoms with Gasteiger partial charge in [-0.05, 0) is 33.4 Å². The van der Waals surface area contributed by atoms with Crippen LogP contribution in [0.2, 0.25) is 0 Å². The maximum Gasteiger partial charge on any atom is 0.0303 e. The van der Waals surface area contributed by atoms with Gasteiger partial charge in [0.1, 0.15) is 0 Å². The normalized spacial score (nSPS) is 14.6. The first-order chi connectivity index (χ1) is 7.00. The van der Waals surface area contributed by atoms with Gasteiger partial charge in [0, 0.05) is 11.6 Å². The largest absolute Gasteiger partial charge is 0.326 e. The molecule has 0 heterocycles. The minimum absolute atomic E-state index is 0.136. The molecule has 0 fully saturated rings. The SMILES string of the molecule is CCCCCC(N)C(C)(C)N(CC)CC. The quantitative estimate of drug-likeness (QED) is 0.629. The van der Waals surface area contributed by atoms with Crippen LogP contribution in [0.25, 0.3) is 0 Å². The molecule has 0 saturated carbocycles. The van der Waals surface area contributed by atoms with Gasteiger partial charge in [-0.3, -0.25) is 4.90 Å². The Morgan fingerprint density at radius 2 is 1.60 bits per heavy atom. The number of nitrogens with two attached hydrogens (primary N) is 1. The minimum atomic E-state index is 0.136. The van der Waals surface area contributed by atoms with E-state index in [1.165, 1.54) is 19.3 Å². The number of likely N-dealkylation sites (N-methyl/N-ethyl adjacent to an activating group) is 1. The standard InChI is InChI=1S/C13H30N2/c1-6-9-10-11-12(14)13(4,5)15(7-2)8-3/h12H,6-11,14H2,1-5H3.